The zero-order valence-corrected chi connectivity index (χ0v) is 7.47. The number of carbonyl (C=O) groups excluding carboxylic acids is 1. The molecule has 0 spiro atoms. The fourth-order valence-electron chi connectivity index (χ4n) is 1.34. The van der Waals surface area contributed by atoms with Gasteiger partial charge in [0, 0.05) is 12.1 Å². The van der Waals surface area contributed by atoms with E-state index < -0.39 is 18.5 Å². The minimum absolute atomic E-state index is 0.0637. The van der Waals surface area contributed by atoms with Crippen LogP contribution in [-0.2, 0) is 6.54 Å². The molecular formula is C8H6BF3NO2-. The summed E-state index contributed by atoms with van der Waals surface area (Å²) in [6.07, 6.45) is -0.646. The van der Waals surface area contributed by atoms with Crippen LogP contribution in [0.15, 0.2) is 18.2 Å². The van der Waals surface area contributed by atoms with Gasteiger partial charge in [-0.05, 0) is 6.07 Å². The van der Waals surface area contributed by atoms with Crippen LogP contribution in [0, 0.1) is 0 Å². The lowest BCUT2D eigenvalue weighted by Crippen LogP contribution is -2.37. The first-order chi connectivity index (χ1) is 6.97. The number of nitrogens with one attached hydrogen (secondary N) is 1. The van der Waals surface area contributed by atoms with Crippen LogP contribution in [0.5, 0.6) is 5.75 Å². The molecule has 0 aliphatic carbocycles. The Bertz CT molecular complexity index is 419. The number of rotatable bonds is 1. The minimum atomic E-state index is -5.01. The Hall–Kier alpha value is -1.66. The van der Waals surface area contributed by atoms with Crippen LogP contribution < -0.4 is 15.5 Å². The standard InChI is InChI=1S/C8H6BF3NO2/c10-9(11,12)6-1-2-7-5(3-6)4-13-8(14)15-7/h1-3H,4H2,(H,13,14)/q-1. The Morgan fingerprint density at radius 1 is 1.33 bits per heavy atom. The largest absolute Gasteiger partial charge is 0.509 e. The predicted molar refractivity (Wildman–Crippen MR) is 48.0 cm³/mol. The summed E-state index contributed by atoms with van der Waals surface area (Å²) < 4.78 is 41.8. The second kappa shape index (κ2) is 3.18. The summed E-state index contributed by atoms with van der Waals surface area (Å²) in [7, 11) is 0. The molecule has 1 aliphatic heterocycles. The van der Waals surface area contributed by atoms with E-state index in [0.717, 1.165) is 12.1 Å². The molecule has 1 N–H and O–H groups in total. The molecule has 0 unspecified atom stereocenters. The Kier molecular flexibility index (Phi) is 2.10. The molecule has 1 aromatic rings. The van der Waals surface area contributed by atoms with Crippen molar-refractivity contribution in [3.8, 4) is 5.75 Å². The molecule has 7 heteroatoms. The number of ether oxygens (including phenoxy) is 1. The van der Waals surface area contributed by atoms with Crippen molar-refractivity contribution in [2.45, 2.75) is 6.54 Å². The quantitative estimate of drug-likeness (QED) is 0.719. The van der Waals surface area contributed by atoms with Crippen LogP contribution in [0.25, 0.3) is 0 Å². The van der Waals surface area contributed by atoms with Crippen LogP contribution in [0.1, 0.15) is 5.56 Å². The SMILES string of the molecule is O=C1NCc2cc([B-](F)(F)F)ccc2O1. The van der Waals surface area contributed by atoms with Gasteiger partial charge in [0.05, 0.1) is 0 Å². The highest BCUT2D eigenvalue weighted by Crippen LogP contribution is 2.22. The van der Waals surface area contributed by atoms with Gasteiger partial charge in [-0.3, -0.25) is 0 Å². The van der Waals surface area contributed by atoms with Gasteiger partial charge < -0.3 is 23.0 Å². The average molecular weight is 216 g/mol. The van der Waals surface area contributed by atoms with Crippen LogP contribution in [0.2, 0.25) is 0 Å². The molecule has 0 saturated carbocycles. The molecule has 2 rings (SSSR count). The Balaban J connectivity index is 2.39. The monoisotopic (exact) mass is 216 g/mol. The van der Waals surface area contributed by atoms with E-state index in [9.17, 15) is 17.7 Å². The summed E-state index contributed by atoms with van der Waals surface area (Å²) in [5.41, 5.74) is -0.347. The second-order valence-corrected chi connectivity index (χ2v) is 3.18. The number of hydrogen-bond acceptors (Lipinski definition) is 2. The van der Waals surface area contributed by atoms with Crippen LogP contribution in [-0.4, -0.2) is 13.1 Å². The molecule has 0 bridgehead atoms. The molecule has 0 aromatic heterocycles. The Labute approximate surface area is 83.3 Å². The number of fused-ring (bicyclic) bond motifs is 1. The van der Waals surface area contributed by atoms with Gasteiger partial charge in [0.1, 0.15) is 5.75 Å². The number of amides is 1. The zero-order chi connectivity index (χ0) is 11.1. The smallest absolute Gasteiger partial charge is 0.445 e. The molecule has 0 saturated heterocycles. The molecule has 1 amide bonds. The lowest BCUT2D eigenvalue weighted by atomic mass is 9.79. The lowest BCUT2D eigenvalue weighted by molar-refractivity contribution is 0.194. The van der Waals surface area contributed by atoms with E-state index >= 15 is 0 Å². The van der Waals surface area contributed by atoms with E-state index in [1.165, 1.54) is 6.07 Å². The molecule has 1 heterocycles. The summed E-state index contributed by atoms with van der Waals surface area (Å²) in [6, 6.07) is 3.07. The molecule has 80 valence electrons. The average Bonchev–Trinajstić information content (AvgIpc) is 2.15. The van der Waals surface area contributed by atoms with Gasteiger partial charge in [-0.2, -0.15) is 0 Å². The number of hydrogen-bond donors (Lipinski definition) is 1. The van der Waals surface area contributed by atoms with Gasteiger partial charge in [-0.25, -0.2) is 4.79 Å². The molecule has 15 heavy (non-hydrogen) atoms. The topological polar surface area (TPSA) is 38.3 Å². The number of benzene rings is 1. The minimum Gasteiger partial charge on any atom is -0.445 e. The van der Waals surface area contributed by atoms with Crippen molar-refractivity contribution in [2.24, 2.45) is 0 Å². The first-order valence-electron chi connectivity index (χ1n) is 4.25. The van der Waals surface area contributed by atoms with E-state index in [-0.39, 0.29) is 12.3 Å². The lowest BCUT2D eigenvalue weighted by Gasteiger charge is -2.21. The first-order valence-corrected chi connectivity index (χ1v) is 4.25. The van der Waals surface area contributed by atoms with Gasteiger partial charge in [0.15, 0.2) is 0 Å². The van der Waals surface area contributed by atoms with E-state index in [1.54, 1.807) is 0 Å². The van der Waals surface area contributed by atoms with Crippen molar-refractivity contribution in [1.82, 2.24) is 5.32 Å². The van der Waals surface area contributed by atoms with E-state index in [4.69, 9.17) is 0 Å². The zero-order valence-electron chi connectivity index (χ0n) is 7.47. The van der Waals surface area contributed by atoms with Gasteiger partial charge >= 0.3 is 13.1 Å². The van der Waals surface area contributed by atoms with Gasteiger partial charge in [-0.15, -0.1) is 5.46 Å². The maximum atomic E-state index is 12.4. The Morgan fingerprint density at radius 2 is 2.07 bits per heavy atom. The van der Waals surface area contributed by atoms with Gasteiger partial charge in [-0.1, -0.05) is 12.1 Å². The molecule has 1 aromatic carbocycles. The van der Waals surface area contributed by atoms with E-state index in [1.807, 2.05) is 0 Å². The summed E-state index contributed by atoms with van der Waals surface area (Å²) >= 11 is 0. The van der Waals surface area contributed by atoms with E-state index in [0.29, 0.717) is 5.56 Å². The van der Waals surface area contributed by atoms with Gasteiger partial charge in [0.25, 0.3) is 0 Å². The summed E-state index contributed by atoms with van der Waals surface area (Å²) in [5.74, 6) is 0.183. The number of halogens is 3. The molecule has 3 nitrogen and oxygen atoms in total. The van der Waals surface area contributed by atoms with Crippen molar-refractivity contribution in [3.63, 3.8) is 0 Å². The van der Waals surface area contributed by atoms with Crippen molar-refractivity contribution in [2.75, 3.05) is 0 Å². The third-order valence-corrected chi connectivity index (χ3v) is 2.09. The number of carbonyl (C=O) groups is 1. The Morgan fingerprint density at radius 3 is 2.73 bits per heavy atom. The third kappa shape index (κ3) is 1.90. The molecular weight excluding hydrogens is 210 g/mol. The highest BCUT2D eigenvalue weighted by molar-refractivity contribution is 6.73. The third-order valence-electron chi connectivity index (χ3n) is 2.09. The van der Waals surface area contributed by atoms with Crippen molar-refractivity contribution in [3.05, 3.63) is 23.8 Å². The predicted octanol–water partition coefficient (Wildman–Crippen LogP) is 1.34. The maximum absolute atomic E-state index is 12.4. The second-order valence-electron chi connectivity index (χ2n) is 3.18. The van der Waals surface area contributed by atoms with Crippen molar-refractivity contribution < 1.29 is 22.5 Å². The fourth-order valence-corrected chi connectivity index (χ4v) is 1.34. The molecule has 0 atom stereocenters. The van der Waals surface area contributed by atoms with Crippen LogP contribution >= 0.6 is 0 Å². The normalized spacial score (nSPS) is 15.3. The van der Waals surface area contributed by atoms with Crippen LogP contribution in [0.3, 0.4) is 0 Å². The summed E-state index contributed by atoms with van der Waals surface area (Å²) in [6.45, 7) is -4.94. The highest BCUT2D eigenvalue weighted by atomic mass is 19.4. The molecule has 0 fully saturated rings. The van der Waals surface area contributed by atoms with Gasteiger partial charge in [0.2, 0.25) is 0 Å². The first kappa shape index (κ1) is 9.88. The maximum Gasteiger partial charge on any atom is 0.509 e. The highest BCUT2D eigenvalue weighted by Gasteiger charge is 2.27. The fraction of sp³-hybridized carbons (Fsp3) is 0.125. The summed E-state index contributed by atoms with van der Waals surface area (Å²) in [5, 5.41) is 2.30. The van der Waals surface area contributed by atoms with Crippen LogP contribution in [0.4, 0.5) is 17.7 Å². The molecule has 1 aliphatic rings. The molecule has 0 radical (unpaired) electrons. The van der Waals surface area contributed by atoms with Crippen molar-refractivity contribution in [1.29, 1.82) is 0 Å². The van der Waals surface area contributed by atoms with Crippen molar-refractivity contribution >= 4 is 18.5 Å². The van der Waals surface area contributed by atoms with E-state index in [2.05, 4.69) is 10.1 Å². The summed E-state index contributed by atoms with van der Waals surface area (Å²) in [4.78, 5) is 10.8.